The molecule has 0 radical (unpaired) electrons. The molecule has 2 nitrogen and oxygen atoms in total. The second-order valence-corrected chi connectivity index (χ2v) is 4.40. The molecule has 0 rings (SSSR count). The van der Waals surface area contributed by atoms with Crippen molar-refractivity contribution in [1.29, 1.82) is 0 Å². The van der Waals surface area contributed by atoms with Crippen LogP contribution in [0.2, 0.25) is 0 Å². The third-order valence-corrected chi connectivity index (χ3v) is 2.79. The highest BCUT2D eigenvalue weighted by molar-refractivity contribution is 5.88. The van der Waals surface area contributed by atoms with Crippen LogP contribution in [0.1, 0.15) is 72.1 Å². The molecule has 100 valence electrons. The van der Waals surface area contributed by atoms with E-state index in [0.29, 0.717) is 6.61 Å². The highest BCUT2D eigenvalue weighted by atomic mass is 16.5. The van der Waals surface area contributed by atoms with Crippen molar-refractivity contribution >= 4 is 5.97 Å². The van der Waals surface area contributed by atoms with Crippen molar-refractivity contribution in [2.45, 2.75) is 72.1 Å². The minimum Gasteiger partial charge on any atom is -0.463 e. The van der Waals surface area contributed by atoms with Gasteiger partial charge in [0.1, 0.15) is 0 Å². The highest BCUT2D eigenvalue weighted by Crippen LogP contribution is 2.12. The van der Waals surface area contributed by atoms with Crippen LogP contribution in [0.15, 0.2) is 11.6 Å². The average molecular weight is 240 g/mol. The van der Waals surface area contributed by atoms with Gasteiger partial charge in [-0.05, 0) is 32.6 Å². The van der Waals surface area contributed by atoms with E-state index in [-0.39, 0.29) is 5.97 Å². The smallest absolute Gasteiger partial charge is 0.333 e. The largest absolute Gasteiger partial charge is 0.463 e. The summed E-state index contributed by atoms with van der Waals surface area (Å²) in [5.41, 5.74) is 0.880. The molecule has 0 aromatic heterocycles. The first-order valence-electron chi connectivity index (χ1n) is 7.12. The first-order chi connectivity index (χ1) is 8.26. The maximum absolute atomic E-state index is 11.7. The van der Waals surface area contributed by atoms with E-state index >= 15 is 0 Å². The lowest BCUT2D eigenvalue weighted by molar-refractivity contribution is -0.138. The van der Waals surface area contributed by atoms with Gasteiger partial charge in [0.2, 0.25) is 0 Å². The van der Waals surface area contributed by atoms with E-state index < -0.39 is 0 Å². The molecule has 0 heterocycles. The number of hydrogen-bond acceptors (Lipinski definition) is 2. The SMILES string of the molecule is CCCCCCC=C(CCCC)C(=O)OCC. The summed E-state index contributed by atoms with van der Waals surface area (Å²) in [5.74, 6) is -0.114. The second kappa shape index (κ2) is 11.7. The van der Waals surface area contributed by atoms with Crippen molar-refractivity contribution in [2.24, 2.45) is 0 Å². The van der Waals surface area contributed by atoms with Gasteiger partial charge in [0, 0.05) is 5.57 Å². The van der Waals surface area contributed by atoms with E-state index in [4.69, 9.17) is 4.74 Å². The van der Waals surface area contributed by atoms with Crippen molar-refractivity contribution in [3.05, 3.63) is 11.6 Å². The predicted octanol–water partition coefficient (Wildman–Crippen LogP) is 4.64. The third-order valence-electron chi connectivity index (χ3n) is 2.79. The Kier molecular flexibility index (Phi) is 11.1. The molecule has 0 atom stereocenters. The summed E-state index contributed by atoms with van der Waals surface area (Å²) in [6, 6.07) is 0. The summed E-state index contributed by atoms with van der Waals surface area (Å²) in [6.45, 7) is 6.68. The summed E-state index contributed by atoms with van der Waals surface area (Å²) in [4.78, 5) is 11.7. The lowest BCUT2D eigenvalue weighted by Crippen LogP contribution is -2.07. The summed E-state index contributed by atoms with van der Waals surface area (Å²) >= 11 is 0. The standard InChI is InChI=1S/C15H28O2/c1-4-7-9-10-11-13-14(12-8-5-2)15(16)17-6-3/h13H,4-12H2,1-3H3. The molecule has 2 heteroatoms. The van der Waals surface area contributed by atoms with Crippen LogP contribution in [0.3, 0.4) is 0 Å². The van der Waals surface area contributed by atoms with E-state index in [0.717, 1.165) is 31.3 Å². The third kappa shape index (κ3) is 8.96. The molecule has 0 aliphatic rings. The van der Waals surface area contributed by atoms with Crippen LogP contribution in [-0.2, 0) is 9.53 Å². The molecule has 0 saturated heterocycles. The molecule has 17 heavy (non-hydrogen) atoms. The summed E-state index contributed by atoms with van der Waals surface area (Å²) in [6.07, 6.45) is 11.1. The van der Waals surface area contributed by atoms with E-state index in [1.807, 2.05) is 6.92 Å². The Bertz CT molecular complexity index is 219. The van der Waals surface area contributed by atoms with Crippen molar-refractivity contribution in [3.8, 4) is 0 Å². The molecule has 0 fully saturated rings. The molecule has 0 N–H and O–H groups in total. The van der Waals surface area contributed by atoms with Crippen molar-refractivity contribution in [1.82, 2.24) is 0 Å². The van der Waals surface area contributed by atoms with E-state index in [2.05, 4.69) is 19.9 Å². The van der Waals surface area contributed by atoms with Gasteiger partial charge in [-0.1, -0.05) is 45.6 Å². The monoisotopic (exact) mass is 240 g/mol. The fraction of sp³-hybridized carbons (Fsp3) is 0.800. The average Bonchev–Trinajstić information content (AvgIpc) is 2.33. The zero-order valence-electron chi connectivity index (χ0n) is 11.8. The van der Waals surface area contributed by atoms with Gasteiger partial charge in [0.15, 0.2) is 0 Å². The molecule has 0 bridgehead atoms. The highest BCUT2D eigenvalue weighted by Gasteiger charge is 2.08. The first kappa shape index (κ1) is 16.2. The van der Waals surface area contributed by atoms with Gasteiger partial charge in [-0.2, -0.15) is 0 Å². The Hall–Kier alpha value is -0.790. The fourth-order valence-corrected chi connectivity index (χ4v) is 1.73. The van der Waals surface area contributed by atoms with Crippen LogP contribution in [0, 0.1) is 0 Å². The molecule has 0 aliphatic carbocycles. The minimum absolute atomic E-state index is 0.114. The summed E-state index contributed by atoms with van der Waals surface area (Å²) < 4.78 is 5.07. The topological polar surface area (TPSA) is 26.3 Å². The van der Waals surface area contributed by atoms with Crippen LogP contribution in [0.5, 0.6) is 0 Å². The maximum Gasteiger partial charge on any atom is 0.333 e. The number of carbonyl (C=O) groups is 1. The molecule has 0 saturated carbocycles. The molecular weight excluding hydrogens is 212 g/mol. The lowest BCUT2D eigenvalue weighted by Gasteiger charge is -2.06. The number of hydrogen-bond donors (Lipinski definition) is 0. The number of rotatable bonds is 10. The Labute approximate surface area is 106 Å². The summed E-state index contributed by atoms with van der Waals surface area (Å²) in [7, 11) is 0. The maximum atomic E-state index is 11.7. The van der Waals surface area contributed by atoms with Crippen LogP contribution in [-0.4, -0.2) is 12.6 Å². The van der Waals surface area contributed by atoms with Crippen LogP contribution < -0.4 is 0 Å². The van der Waals surface area contributed by atoms with Crippen LogP contribution in [0.4, 0.5) is 0 Å². The van der Waals surface area contributed by atoms with E-state index in [9.17, 15) is 4.79 Å². The Balaban J connectivity index is 4.05. The minimum atomic E-state index is -0.114. The van der Waals surface area contributed by atoms with E-state index in [1.54, 1.807) is 0 Å². The predicted molar refractivity (Wildman–Crippen MR) is 73.0 cm³/mol. The normalized spacial score (nSPS) is 11.6. The van der Waals surface area contributed by atoms with Crippen molar-refractivity contribution in [2.75, 3.05) is 6.61 Å². The van der Waals surface area contributed by atoms with Gasteiger partial charge < -0.3 is 4.74 Å². The number of ether oxygens (including phenoxy) is 1. The van der Waals surface area contributed by atoms with Crippen LogP contribution >= 0.6 is 0 Å². The first-order valence-corrected chi connectivity index (χ1v) is 7.12. The zero-order valence-corrected chi connectivity index (χ0v) is 11.8. The Morgan fingerprint density at radius 3 is 2.29 bits per heavy atom. The van der Waals surface area contributed by atoms with Gasteiger partial charge in [0.25, 0.3) is 0 Å². The number of allylic oxidation sites excluding steroid dienone is 1. The van der Waals surface area contributed by atoms with Gasteiger partial charge in [-0.3, -0.25) is 0 Å². The second-order valence-electron chi connectivity index (χ2n) is 4.40. The quantitative estimate of drug-likeness (QED) is 0.316. The Morgan fingerprint density at radius 2 is 1.71 bits per heavy atom. The van der Waals surface area contributed by atoms with Gasteiger partial charge in [-0.25, -0.2) is 4.79 Å². The molecule has 0 aromatic carbocycles. The molecular formula is C15H28O2. The lowest BCUT2D eigenvalue weighted by atomic mass is 10.1. The zero-order chi connectivity index (χ0) is 12.9. The van der Waals surface area contributed by atoms with Crippen LogP contribution in [0.25, 0.3) is 0 Å². The van der Waals surface area contributed by atoms with Crippen molar-refractivity contribution < 1.29 is 9.53 Å². The Morgan fingerprint density at radius 1 is 1.00 bits per heavy atom. The molecule has 0 aliphatic heterocycles. The fourth-order valence-electron chi connectivity index (χ4n) is 1.73. The van der Waals surface area contributed by atoms with Gasteiger partial charge >= 0.3 is 5.97 Å². The van der Waals surface area contributed by atoms with Crippen molar-refractivity contribution in [3.63, 3.8) is 0 Å². The van der Waals surface area contributed by atoms with Gasteiger partial charge in [-0.15, -0.1) is 0 Å². The van der Waals surface area contributed by atoms with E-state index in [1.165, 1.54) is 25.7 Å². The van der Waals surface area contributed by atoms with Gasteiger partial charge in [0.05, 0.1) is 6.61 Å². The molecule has 0 aromatic rings. The molecule has 0 unspecified atom stereocenters. The number of esters is 1. The number of carbonyl (C=O) groups excluding carboxylic acids is 1. The summed E-state index contributed by atoms with van der Waals surface area (Å²) in [5, 5.41) is 0. The molecule has 0 spiro atoms. The number of unbranched alkanes of at least 4 members (excludes halogenated alkanes) is 5. The molecule has 0 amide bonds.